The summed E-state index contributed by atoms with van der Waals surface area (Å²) >= 11 is 1.43. The molecular formula is C12H11NOS. The molecule has 1 aromatic heterocycles. The first-order chi connectivity index (χ1) is 7.20. The van der Waals surface area contributed by atoms with Gasteiger partial charge < -0.3 is 0 Å². The molecule has 0 saturated carbocycles. The first-order valence-electron chi connectivity index (χ1n) is 4.69. The topological polar surface area (TPSA) is 30.0 Å². The van der Waals surface area contributed by atoms with Crippen LogP contribution in [0.5, 0.6) is 0 Å². The van der Waals surface area contributed by atoms with Crippen molar-refractivity contribution in [2.24, 2.45) is 0 Å². The molecule has 2 nitrogen and oxygen atoms in total. The highest BCUT2D eigenvalue weighted by atomic mass is 32.1. The van der Waals surface area contributed by atoms with Crippen LogP contribution in [0.1, 0.15) is 20.9 Å². The van der Waals surface area contributed by atoms with Gasteiger partial charge in [0.2, 0.25) is 0 Å². The second kappa shape index (κ2) is 3.95. The van der Waals surface area contributed by atoms with E-state index >= 15 is 0 Å². The summed E-state index contributed by atoms with van der Waals surface area (Å²) in [5.41, 5.74) is 3.62. The van der Waals surface area contributed by atoms with Crippen molar-refractivity contribution < 1.29 is 4.79 Å². The molecule has 0 aliphatic rings. The Kier molecular flexibility index (Phi) is 2.64. The minimum absolute atomic E-state index is 0.532. The number of nitrogens with zero attached hydrogens (tertiary/aromatic N) is 1. The third-order valence-electron chi connectivity index (χ3n) is 2.27. The maximum absolute atomic E-state index is 10.5. The summed E-state index contributed by atoms with van der Waals surface area (Å²) in [5.74, 6) is 0. The van der Waals surface area contributed by atoms with Gasteiger partial charge in [-0.05, 0) is 25.0 Å². The quantitative estimate of drug-likeness (QED) is 0.723. The fraction of sp³-hybridized carbons (Fsp3) is 0.167. The van der Waals surface area contributed by atoms with Gasteiger partial charge >= 0.3 is 0 Å². The molecular weight excluding hydrogens is 206 g/mol. The number of rotatable bonds is 2. The Morgan fingerprint density at radius 2 is 2.13 bits per heavy atom. The van der Waals surface area contributed by atoms with E-state index in [0.29, 0.717) is 5.01 Å². The van der Waals surface area contributed by atoms with Crippen LogP contribution in [-0.2, 0) is 0 Å². The first-order valence-corrected chi connectivity index (χ1v) is 5.51. The molecule has 0 atom stereocenters. The summed E-state index contributed by atoms with van der Waals surface area (Å²) in [4.78, 5) is 15.6. The lowest BCUT2D eigenvalue weighted by Gasteiger charge is -2.03. The molecule has 3 heteroatoms. The van der Waals surface area contributed by atoms with Gasteiger partial charge in [0.25, 0.3) is 0 Å². The molecule has 0 amide bonds. The van der Waals surface area contributed by atoms with Crippen molar-refractivity contribution in [1.82, 2.24) is 4.98 Å². The summed E-state index contributed by atoms with van der Waals surface area (Å²) in [6, 6.07) is 6.28. The van der Waals surface area contributed by atoms with Crippen LogP contribution in [0.4, 0.5) is 0 Å². The summed E-state index contributed by atoms with van der Waals surface area (Å²) in [6.07, 6.45) is 2.55. The Balaban J connectivity index is 2.49. The standard InChI is InChI=1S/C12H11NOS/c1-8-3-4-10(9(2)5-8)11-6-13-12(7-14)15-11/h3-7H,1-2H3. The Labute approximate surface area is 92.6 Å². The number of aryl methyl sites for hydroxylation is 2. The van der Waals surface area contributed by atoms with Gasteiger partial charge in [0.1, 0.15) is 0 Å². The van der Waals surface area contributed by atoms with E-state index in [1.54, 1.807) is 6.20 Å². The lowest BCUT2D eigenvalue weighted by Crippen LogP contribution is -1.81. The van der Waals surface area contributed by atoms with Gasteiger partial charge in [-0.3, -0.25) is 4.79 Å². The second-order valence-corrected chi connectivity index (χ2v) is 4.56. The zero-order valence-electron chi connectivity index (χ0n) is 8.65. The van der Waals surface area contributed by atoms with Crippen LogP contribution < -0.4 is 0 Å². The molecule has 0 saturated heterocycles. The smallest absolute Gasteiger partial charge is 0.178 e. The van der Waals surface area contributed by atoms with E-state index in [9.17, 15) is 4.79 Å². The zero-order valence-corrected chi connectivity index (χ0v) is 9.47. The van der Waals surface area contributed by atoms with Gasteiger partial charge in [0.15, 0.2) is 11.3 Å². The number of aromatic nitrogens is 1. The number of hydrogen-bond donors (Lipinski definition) is 0. The lowest BCUT2D eigenvalue weighted by atomic mass is 10.1. The van der Waals surface area contributed by atoms with Gasteiger partial charge in [-0.15, -0.1) is 11.3 Å². The van der Waals surface area contributed by atoms with Crippen LogP contribution in [0.2, 0.25) is 0 Å². The molecule has 2 aromatic rings. The van der Waals surface area contributed by atoms with E-state index in [1.165, 1.54) is 22.5 Å². The van der Waals surface area contributed by atoms with E-state index < -0.39 is 0 Å². The van der Waals surface area contributed by atoms with Crippen LogP contribution >= 0.6 is 11.3 Å². The average molecular weight is 217 g/mol. The average Bonchev–Trinajstić information content (AvgIpc) is 2.66. The summed E-state index contributed by atoms with van der Waals surface area (Å²) in [5, 5.41) is 0.532. The normalized spacial score (nSPS) is 10.3. The minimum Gasteiger partial charge on any atom is -0.295 e. The summed E-state index contributed by atoms with van der Waals surface area (Å²) in [6.45, 7) is 4.14. The van der Waals surface area contributed by atoms with E-state index in [2.05, 4.69) is 37.0 Å². The highest BCUT2D eigenvalue weighted by Gasteiger charge is 2.06. The van der Waals surface area contributed by atoms with E-state index in [0.717, 1.165) is 16.7 Å². The van der Waals surface area contributed by atoms with Crippen molar-refractivity contribution in [3.8, 4) is 10.4 Å². The van der Waals surface area contributed by atoms with Crippen molar-refractivity contribution in [3.63, 3.8) is 0 Å². The molecule has 0 unspecified atom stereocenters. The fourth-order valence-electron chi connectivity index (χ4n) is 1.56. The SMILES string of the molecule is Cc1ccc(-c2cnc(C=O)s2)c(C)c1. The molecule has 0 spiro atoms. The van der Waals surface area contributed by atoms with Gasteiger partial charge in [-0.1, -0.05) is 23.8 Å². The second-order valence-electron chi connectivity index (χ2n) is 3.50. The lowest BCUT2D eigenvalue weighted by molar-refractivity contribution is 0.112. The van der Waals surface area contributed by atoms with Crippen LogP contribution in [0.3, 0.4) is 0 Å². The van der Waals surface area contributed by atoms with Crippen molar-refractivity contribution in [2.75, 3.05) is 0 Å². The summed E-state index contributed by atoms with van der Waals surface area (Å²) in [7, 11) is 0. The number of aldehydes is 1. The van der Waals surface area contributed by atoms with Crippen molar-refractivity contribution >= 4 is 17.6 Å². The molecule has 1 aromatic carbocycles. The maximum Gasteiger partial charge on any atom is 0.178 e. The Morgan fingerprint density at radius 1 is 1.33 bits per heavy atom. The van der Waals surface area contributed by atoms with Gasteiger partial charge in [0.05, 0.1) is 4.88 Å². The predicted molar refractivity (Wildman–Crippen MR) is 62.4 cm³/mol. The largest absolute Gasteiger partial charge is 0.295 e. The predicted octanol–water partition coefficient (Wildman–Crippen LogP) is 3.24. The molecule has 15 heavy (non-hydrogen) atoms. The number of hydrogen-bond acceptors (Lipinski definition) is 3. The monoisotopic (exact) mass is 217 g/mol. The maximum atomic E-state index is 10.5. The van der Waals surface area contributed by atoms with Gasteiger partial charge in [-0.25, -0.2) is 4.98 Å². The minimum atomic E-state index is 0.532. The fourth-order valence-corrected chi connectivity index (χ4v) is 2.38. The molecule has 0 aliphatic heterocycles. The number of carbonyl (C=O) groups excluding carboxylic acids is 1. The van der Waals surface area contributed by atoms with Gasteiger partial charge in [-0.2, -0.15) is 0 Å². The van der Waals surface area contributed by atoms with Crippen LogP contribution in [0.25, 0.3) is 10.4 Å². The van der Waals surface area contributed by atoms with Crippen LogP contribution in [-0.4, -0.2) is 11.3 Å². The van der Waals surface area contributed by atoms with Gasteiger partial charge in [0, 0.05) is 6.20 Å². The molecule has 0 N–H and O–H groups in total. The number of thiazole rings is 1. The molecule has 0 fully saturated rings. The Morgan fingerprint density at radius 3 is 2.73 bits per heavy atom. The van der Waals surface area contributed by atoms with E-state index in [-0.39, 0.29) is 0 Å². The summed E-state index contributed by atoms with van der Waals surface area (Å²) < 4.78 is 0. The Bertz CT molecular complexity index is 502. The van der Waals surface area contributed by atoms with Crippen LogP contribution in [0.15, 0.2) is 24.4 Å². The van der Waals surface area contributed by atoms with E-state index in [4.69, 9.17) is 0 Å². The molecule has 0 aliphatic carbocycles. The third kappa shape index (κ3) is 1.97. The first kappa shape index (κ1) is 10.1. The molecule has 76 valence electrons. The molecule has 0 radical (unpaired) electrons. The number of carbonyl (C=O) groups is 1. The zero-order chi connectivity index (χ0) is 10.8. The van der Waals surface area contributed by atoms with Crippen molar-refractivity contribution in [1.29, 1.82) is 0 Å². The highest BCUT2D eigenvalue weighted by molar-refractivity contribution is 7.16. The highest BCUT2D eigenvalue weighted by Crippen LogP contribution is 2.28. The number of benzene rings is 1. The third-order valence-corrected chi connectivity index (χ3v) is 3.23. The Hall–Kier alpha value is -1.48. The van der Waals surface area contributed by atoms with Crippen LogP contribution in [0, 0.1) is 13.8 Å². The molecule has 0 bridgehead atoms. The van der Waals surface area contributed by atoms with Crippen molar-refractivity contribution in [2.45, 2.75) is 13.8 Å². The van der Waals surface area contributed by atoms with E-state index in [1.807, 2.05) is 0 Å². The van der Waals surface area contributed by atoms with Crippen molar-refractivity contribution in [3.05, 3.63) is 40.5 Å². The molecule has 1 heterocycles. The molecule has 2 rings (SSSR count).